The molecular formula is C52H89Cl6N3O15. The first-order valence-corrected chi connectivity index (χ1v) is 26.9. The second-order valence-corrected chi connectivity index (χ2v) is 27.3. The Balaban J connectivity index is -0.00000111. The van der Waals surface area contributed by atoms with E-state index in [9.17, 15) is 43.2 Å². The predicted molar refractivity (Wildman–Crippen MR) is 297 cm³/mol. The molecule has 0 aliphatic carbocycles. The van der Waals surface area contributed by atoms with Gasteiger partial charge in [-0.05, 0) is 107 Å². The molecule has 0 aromatic rings. The van der Waals surface area contributed by atoms with Crippen LogP contribution in [0.2, 0.25) is 0 Å². The number of rotatable bonds is 17. The fourth-order valence-corrected chi connectivity index (χ4v) is 7.66. The molecule has 2 aliphatic rings. The summed E-state index contributed by atoms with van der Waals surface area (Å²) in [6.07, 6.45) is 2.27. The normalized spacial score (nSPS) is 17.7. The zero-order valence-electron chi connectivity index (χ0n) is 45.6. The lowest BCUT2D eigenvalue weighted by Gasteiger charge is -2.34. The lowest BCUT2D eigenvalue weighted by atomic mass is 9.91. The Morgan fingerprint density at radius 2 is 0.868 bits per heavy atom. The van der Waals surface area contributed by atoms with Crippen molar-refractivity contribution in [3.05, 3.63) is 0 Å². The molecule has 0 saturated carbocycles. The summed E-state index contributed by atoms with van der Waals surface area (Å²) in [6, 6.07) is -0.826. The average molecular weight is 1210 g/mol. The van der Waals surface area contributed by atoms with Gasteiger partial charge in [-0.1, -0.05) is 119 Å². The fraction of sp³-hybridized carbons (Fsp3) is 0.827. The van der Waals surface area contributed by atoms with Crippen LogP contribution in [0.5, 0.6) is 0 Å². The minimum absolute atomic E-state index is 0. The Hall–Kier alpha value is -3.03. The predicted octanol–water partition coefficient (Wildman–Crippen LogP) is 10.5. The molecule has 2 fully saturated rings. The van der Waals surface area contributed by atoms with Crippen molar-refractivity contribution in [2.24, 2.45) is 41.4 Å². The number of alkyl halides is 6. The number of piperidine rings is 2. The zero-order chi connectivity index (χ0) is 57.9. The Bertz CT molecular complexity index is 1890. The topological polar surface area (TPSA) is 239 Å². The highest BCUT2D eigenvalue weighted by Gasteiger charge is 2.37. The highest BCUT2D eigenvalue weighted by Crippen LogP contribution is 2.29. The lowest BCUT2D eigenvalue weighted by molar-refractivity contribution is -0.160. The fourth-order valence-electron chi connectivity index (χ4n) is 7.33. The van der Waals surface area contributed by atoms with Crippen LogP contribution in [0.15, 0.2) is 0 Å². The summed E-state index contributed by atoms with van der Waals surface area (Å²) in [5.74, 6) is -7.26. The molecule has 18 nitrogen and oxygen atoms in total. The number of nitrogens with one attached hydrogen (secondary N) is 1. The van der Waals surface area contributed by atoms with Crippen LogP contribution in [0.1, 0.15) is 164 Å². The summed E-state index contributed by atoms with van der Waals surface area (Å²) >= 11 is 33.6. The van der Waals surface area contributed by atoms with Crippen molar-refractivity contribution >= 4 is 123 Å². The standard InChI is InChI=1S/C22H35Cl3N2O6.C17H26Cl3NO5.C11H20O4.2CH4/c1-13(2)16(10-17(28)33-21(4,5)6)18(29)26-14(3)19(30)27-9-7-8-15(11-27)20(31)32-12-22(23,24)25;1-11(8-13(22)26-16(2,3)4)14(23)21-7-5-6-12(9-21)15(24)25-10-17(18,19)20;1-7(2)8(10(13)14)6-9(12)15-11(3,4)5;;/h13-16H,7-12H2,1-6H3,(H,26,29);11-12H,5-10H2,1-4H3;7-8H,6H2,1-5H3,(H,13,14);2*1H4/t14-,15+,16-;11-,12-;8-;;/m010../s1. The number of hydrogen-bond acceptors (Lipinski definition) is 14. The number of ether oxygens (including phenoxy) is 5. The van der Waals surface area contributed by atoms with Gasteiger partial charge in [-0.25, -0.2) is 0 Å². The van der Waals surface area contributed by atoms with Crippen molar-refractivity contribution in [3.8, 4) is 0 Å². The Morgan fingerprint density at radius 3 is 1.18 bits per heavy atom. The Morgan fingerprint density at radius 1 is 0.539 bits per heavy atom. The van der Waals surface area contributed by atoms with Crippen molar-refractivity contribution in [2.45, 2.75) is 194 Å². The van der Waals surface area contributed by atoms with Gasteiger partial charge in [-0.3, -0.25) is 43.2 Å². The highest BCUT2D eigenvalue weighted by atomic mass is 35.6. The number of amides is 3. The van der Waals surface area contributed by atoms with E-state index in [0.29, 0.717) is 38.8 Å². The van der Waals surface area contributed by atoms with Crippen LogP contribution < -0.4 is 5.32 Å². The maximum absolute atomic E-state index is 12.9. The van der Waals surface area contributed by atoms with Gasteiger partial charge in [0.25, 0.3) is 0 Å². The monoisotopic (exact) mass is 1210 g/mol. The van der Waals surface area contributed by atoms with Crippen molar-refractivity contribution in [3.63, 3.8) is 0 Å². The minimum atomic E-state index is -1.70. The molecule has 2 heterocycles. The van der Waals surface area contributed by atoms with E-state index in [-0.39, 0.29) is 84.1 Å². The number of hydrogen-bond donors (Lipinski definition) is 2. The molecular weight excluding hydrogens is 1120 g/mol. The number of likely N-dealkylation sites (tertiary alicyclic amines) is 2. The number of esters is 5. The molecule has 2 rings (SSSR count). The van der Waals surface area contributed by atoms with Gasteiger partial charge in [0.2, 0.25) is 25.3 Å². The molecule has 2 N–H and O–H groups in total. The summed E-state index contributed by atoms with van der Waals surface area (Å²) in [4.78, 5) is 112. The molecule has 2 saturated heterocycles. The van der Waals surface area contributed by atoms with Gasteiger partial charge in [0, 0.05) is 32.1 Å². The number of carboxylic acids is 1. The number of carboxylic acid groups (broad SMARTS) is 1. The van der Waals surface area contributed by atoms with E-state index in [1.54, 1.807) is 94.9 Å². The molecule has 0 bridgehead atoms. The van der Waals surface area contributed by atoms with Crippen molar-refractivity contribution < 1.29 is 71.9 Å². The second kappa shape index (κ2) is 34.2. The largest absolute Gasteiger partial charge is 0.481 e. The number of carbonyl (C=O) groups excluding carboxylic acids is 8. The van der Waals surface area contributed by atoms with Crippen LogP contribution in [0.4, 0.5) is 0 Å². The first-order valence-electron chi connectivity index (χ1n) is 24.6. The van der Waals surface area contributed by atoms with Crippen LogP contribution in [0.3, 0.4) is 0 Å². The number of carbonyl (C=O) groups is 9. The minimum Gasteiger partial charge on any atom is -0.481 e. The third kappa shape index (κ3) is 34.8. The van der Waals surface area contributed by atoms with E-state index >= 15 is 0 Å². The third-order valence-corrected chi connectivity index (χ3v) is 11.5. The Labute approximate surface area is 482 Å². The number of aliphatic carboxylic acids is 1. The van der Waals surface area contributed by atoms with Crippen LogP contribution in [0.25, 0.3) is 0 Å². The van der Waals surface area contributed by atoms with Gasteiger partial charge in [0.1, 0.15) is 36.1 Å². The van der Waals surface area contributed by atoms with Crippen LogP contribution in [-0.4, -0.2) is 138 Å². The van der Waals surface area contributed by atoms with Gasteiger partial charge in [0.05, 0.1) is 42.9 Å². The molecule has 2 aliphatic heterocycles. The molecule has 0 spiro atoms. The highest BCUT2D eigenvalue weighted by molar-refractivity contribution is 6.68. The lowest BCUT2D eigenvalue weighted by Crippen LogP contribution is -2.52. The van der Waals surface area contributed by atoms with Crippen molar-refractivity contribution in [1.82, 2.24) is 15.1 Å². The SMILES string of the molecule is C.C.CC(C)[C@H](CC(=O)OC(C)(C)C)C(=O)N[C@@H](C)C(=O)N1CCC[C@@H](C(=O)OCC(Cl)(Cl)Cl)C1.CC(C)[C@H](CC(=O)OC(C)(C)C)C(=O)O.C[C@H](CC(=O)OC(C)(C)C)C(=O)N1CCC[C@@H](C(=O)OCC(Cl)(Cl)Cl)C1. The molecule has 0 aromatic heterocycles. The van der Waals surface area contributed by atoms with E-state index in [2.05, 4.69) is 5.32 Å². The van der Waals surface area contributed by atoms with E-state index in [1.165, 1.54) is 4.90 Å². The maximum atomic E-state index is 12.9. The summed E-state index contributed by atoms with van der Waals surface area (Å²) in [5, 5.41) is 11.6. The quantitative estimate of drug-likeness (QED) is 0.0782. The summed E-state index contributed by atoms with van der Waals surface area (Å²) < 4.78 is 22.3. The second-order valence-electron chi connectivity index (χ2n) is 22.2. The first-order chi connectivity index (χ1) is 33.4. The summed E-state index contributed by atoms with van der Waals surface area (Å²) in [5.41, 5.74) is -1.80. The molecule has 6 atom stereocenters. The van der Waals surface area contributed by atoms with Gasteiger partial charge in [-0.2, -0.15) is 0 Å². The molecule has 76 heavy (non-hydrogen) atoms. The van der Waals surface area contributed by atoms with Gasteiger partial charge in [0.15, 0.2) is 0 Å². The number of halogens is 6. The molecule has 24 heteroatoms. The van der Waals surface area contributed by atoms with Gasteiger partial charge >= 0.3 is 35.8 Å². The maximum Gasteiger partial charge on any atom is 0.310 e. The zero-order valence-corrected chi connectivity index (χ0v) is 50.2. The van der Waals surface area contributed by atoms with Crippen LogP contribution >= 0.6 is 69.6 Å². The van der Waals surface area contributed by atoms with E-state index < -0.39 is 102 Å². The smallest absolute Gasteiger partial charge is 0.310 e. The summed E-state index contributed by atoms with van der Waals surface area (Å²) in [7, 11) is 0. The van der Waals surface area contributed by atoms with E-state index in [0.717, 1.165) is 0 Å². The summed E-state index contributed by atoms with van der Waals surface area (Å²) in [6.45, 7) is 27.0. The van der Waals surface area contributed by atoms with E-state index in [4.69, 9.17) is 98.4 Å². The van der Waals surface area contributed by atoms with Crippen molar-refractivity contribution in [2.75, 3.05) is 39.4 Å². The van der Waals surface area contributed by atoms with Gasteiger partial charge in [-0.15, -0.1) is 0 Å². The molecule has 3 amide bonds. The average Bonchev–Trinajstić information content (AvgIpc) is 3.22. The number of nitrogens with zero attached hydrogens (tertiary/aromatic N) is 2. The van der Waals surface area contributed by atoms with Crippen LogP contribution in [0, 0.1) is 41.4 Å². The van der Waals surface area contributed by atoms with Crippen LogP contribution in [-0.2, 0) is 66.8 Å². The molecule has 0 radical (unpaired) electrons. The molecule has 0 aromatic carbocycles. The van der Waals surface area contributed by atoms with Gasteiger partial charge < -0.3 is 43.9 Å². The third-order valence-electron chi connectivity index (χ3n) is 10.8. The Kier molecular flexibility index (Phi) is 34.7. The first kappa shape index (κ1) is 77.2. The molecule has 0 unspecified atom stereocenters. The van der Waals surface area contributed by atoms with E-state index in [1.807, 2.05) is 13.8 Å². The van der Waals surface area contributed by atoms with Crippen molar-refractivity contribution in [1.29, 1.82) is 0 Å². The molecule has 444 valence electrons.